The van der Waals surface area contributed by atoms with Gasteiger partial charge in [0.1, 0.15) is 0 Å². The van der Waals surface area contributed by atoms with Gasteiger partial charge in [0.05, 0.1) is 12.6 Å². The number of fused-ring (bicyclic) bond motifs is 1. The fourth-order valence-corrected chi connectivity index (χ4v) is 2.03. The molecule has 0 aliphatic carbocycles. The van der Waals surface area contributed by atoms with Crippen LogP contribution in [0, 0.1) is 0 Å². The second-order valence-corrected chi connectivity index (χ2v) is 4.50. The van der Waals surface area contributed by atoms with E-state index in [1.807, 2.05) is 12.1 Å². The number of aliphatic hydroxyl groups is 1. The number of benzene rings is 1. The molecule has 2 atom stereocenters. The molecule has 0 spiro atoms. The zero-order valence-corrected chi connectivity index (χ0v) is 9.94. The minimum absolute atomic E-state index is 0.0327. The molecular weight excluding hydrogens is 216 g/mol. The Morgan fingerprint density at radius 3 is 2.94 bits per heavy atom. The Balaban J connectivity index is 2.00. The zero-order valence-electron chi connectivity index (χ0n) is 9.94. The van der Waals surface area contributed by atoms with Gasteiger partial charge in [-0.05, 0) is 24.5 Å². The molecule has 1 aromatic carbocycles. The molecular formula is C13H18N2O2. The normalized spacial score (nSPS) is 20.5. The summed E-state index contributed by atoms with van der Waals surface area (Å²) in [5.74, 6) is -0.0407. The van der Waals surface area contributed by atoms with E-state index in [1.54, 1.807) is 6.92 Å². The zero-order chi connectivity index (χ0) is 12.3. The molecule has 4 nitrogen and oxygen atoms in total. The lowest BCUT2D eigenvalue weighted by molar-refractivity contribution is -0.124. The van der Waals surface area contributed by atoms with Crippen molar-refractivity contribution < 1.29 is 9.90 Å². The number of nitrogens with one attached hydrogen (secondary N) is 2. The standard InChI is InChI=1S/C13H18N2O2/c1-9(8-16)15-13(17)12-6-10-4-2-3-5-11(10)7-14-12/h2-5,9,12,14,16H,6-8H2,1H3,(H,15,17)/t9-,12+/m0/s1. The molecule has 0 saturated carbocycles. The van der Waals surface area contributed by atoms with E-state index >= 15 is 0 Å². The maximum atomic E-state index is 11.9. The molecule has 0 bridgehead atoms. The third-order valence-corrected chi connectivity index (χ3v) is 3.06. The van der Waals surface area contributed by atoms with Gasteiger partial charge in [-0.1, -0.05) is 24.3 Å². The SMILES string of the molecule is C[C@@H](CO)NC(=O)[C@H]1Cc2ccccc2CN1. The minimum Gasteiger partial charge on any atom is -0.394 e. The van der Waals surface area contributed by atoms with Crippen molar-refractivity contribution in [3.8, 4) is 0 Å². The predicted octanol–water partition coefficient (Wildman–Crippen LogP) is 0.198. The van der Waals surface area contributed by atoms with Crippen molar-refractivity contribution in [2.24, 2.45) is 0 Å². The summed E-state index contributed by atoms with van der Waals surface area (Å²) < 4.78 is 0. The average Bonchev–Trinajstić information content (AvgIpc) is 2.38. The number of carbonyl (C=O) groups is 1. The third kappa shape index (κ3) is 2.84. The van der Waals surface area contributed by atoms with Crippen LogP contribution in [0.4, 0.5) is 0 Å². The van der Waals surface area contributed by atoms with E-state index in [1.165, 1.54) is 11.1 Å². The van der Waals surface area contributed by atoms with Crippen molar-refractivity contribution in [3.05, 3.63) is 35.4 Å². The molecule has 2 rings (SSSR count). The van der Waals surface area contributed by atoms with E-state index in [-0.39, 0.29) is 24.6 Å². The van der Waals surface area contributed by atoms with Gasteiger partial charge in [-0.25, -0.2) is 0 Å². The molecule has 1 heterocycles. The highest BCUT2D eigenvalue weighted by Crippen LogP contribution is 2.16. The van der Waals surface area contributed by atoms with Crippen molar-refractivity contribution in [2.45, 2.75) is 32.0 Å². The molecule has 1 aromatic rings. The smallest absolute Gasteiger partial charge is 0.237 e. The molecule has 4 heteroatoms. The van der Waals surface area contributed by atoms with Gasteiger partial charge < -0.3 is 15.7 Å². The van der Waals surface area contributed by atoms with Crippen molar-refractivity contribution >= 4 is 5.91 Å². The average molecular weight is 234 g/mol. The second-order valence-electron chi connectivity index (χ2n) is 4.50. The largest absolute Gasteiger partial charge is 0.394 e. The molecule has 3 N–H and O–H groups in total. The fourth-order valence-electron chi connectivity index (χ4n) is 2.03. The topological polar surface area (TPSA) is 61.4 Å². The van der Waals surface area contributed by atoms with Crippen LogP contribution in [0.3, 0.4) is 0 Å². The highest BCUT2D eigenvalue weighted by Gasteiger charge is 2.24. The fraction of sp³-hybridized carbons (Fsp3) is 0.462. The predicted molar refractivity (Wildman–Crippen MR) is 65.5 cm³/mol. The van der Waals surface area contributed by atoms with Crippen LogP contribution in [0.2, 0.25) is 0 Å². The third-order valence-electron chi connectivity index (χ3n) is 3.06. The molecule has 1 aliphatic rings. The molecule has 17 heavy (non-hydrogen) atoms. The van der Waals surface area contributed by atoms with E-state index in [0.29, 0.717) is 6.42 Å². The van der Waals surface area contributed by atoms with E-state index in [9.17, 15) is 4.79 Å². The number of carbonyl (C=O) groups excluding carboxylic acids is 1. The number of hydrogen-bond donors (Lipinski definition) is 3. The molecule has 0 fully saturated rings. The number of amides is 1. The van der Waals surface area contributed by atoms with E-state index < -0.39 is 0 Å². The number of aliphatic hydroxyl groups excluding tert-OH is 1. The summed E-state index contributed by atoms with van der Waals surface area (Å²) in [6.45, 7) is 2.48. The van der Waals surface area contributed by atoms with Gasteiger partial charge in [0.25, 0.3) is 0 Å². The van der Waals surface area contributed by atoms with Gasteiger partial charge >= 0.3 is 0 Å². The first-order valence-electron chi connectivity index (χ1n) is 5.92. The second kappa shape index (κ2) is 5.29. The molecule has 1 aliphatic heterocycles. The van der Waals surface area contributed by atoms with Crippen molar-refractivity contribution in [1.82, 2.24) is 10.6 Å². The Hall–Kier alpha value is -1.39. The van der Waals surface area contributed by atoms with E-state index in [4.69, 9.17) is 5.11 Å². The maximum absolute atomic E-state index is 11.9. The first-order chi connectivity index (χ1) is 8.20. The number of rotatable bonds is 3. The molecule has 1 amide bonds. The highest BCUT2D eigenvalue weighted by atomic mass is 16.3. The van der Waals surface area contributed by atoms with Crippen LogP contribution in [0.5, 0.6) is 0 Å². The summed E-state index contributed by atoms with van der Waals surface area (Å²) >= 11 is 0. The van der Waals surface area contributed by atoms with Gasteiger partial charge in [-0.15, -0.1) is 0 Å². The van der Waals surface area contributed by atoms with Gasteiger partial charge in [-0.3, -0.25) is 4.79 Å². The first-order valence-corrected chi connectivity index (χ1v) is 5.92. The quantitative estimate of drug-likeness (QED) is 0.700. The van der Waals surface area contributed by atoms with Gasteiger partial charge in [0.2, 0.25) is 5.91 Å². The Labute approximate surface area is 101 Å². The van der Waals surface area contributed by atoms with Crippen LogP contribution in [0.25, 0.3) is 0 Å². The lowest BCUT2D eigenvalue weighted by Gasteiger charge is -2.26. The Kier molecular flexibility index (Phi) is 3.76. The molecule has 0 unspecified atom stereocenters. The summed E-state index contributed by atoms with van der Waals surface area (Å²) in [5.41, 5.74) is 2.48. The summed E-state index contributed by atoms with van der Waals surface area (Å²) in [5, 5.41) is 14.9. The molecule has 0 radical (unpaired) electrons. The Morgan fingerprint density at radius 2 is 2.24 bits per heavy atom. The monoisotopic (exact) mass is 234 g/mol. The summed E-state index contributed by atoms with van der Waals surface area (Å²) in [4.78, 5) is 11.9. The van der Waals surface area contributed by atoms with Crippen molar-refractivity contribution in [1.29, 1.82) is 0 Å². The lowest BCUT2D eigenvalue weighted by Crippen LogP contribution is -2.50. The minimum atomic E-state index is -0.195. The molecule has 92 valence electrons. The van der Waals surface area contributed by atoms with E-state index in [2.05, 4.69) is 22.8 Å². The van der Waals surface area contributed by atoms with Crippen LogP contribution in [-0.4, -0.2) is 29.7 Å². The molecule has 0 aromatic heterocycles. The van der Waals surface area contributed by atoms with Gasteiger partial charge in [0, 0.05) is 12.6 Å². The first kappa shape index (κ1) is 12.1. The molecule has 0 saturated heterocycles. The van der Waals surface area contributed by atoms with Crippen molar-refractivity contribution in [2.75, 3.05) is 6.61 Å². The van der Waals surface area contributed by atoms with E-state index in [0.717, 1.165) is 6.54 Å². The van der Waals surface area contributed by atoms with Crippen LogP contribution in [-0.2, 0) is 17.8 Å². The maximum Gasteiger partial charge on any atom is 0.237 e. The highest BCUT2D eigenvalue weighted by molar-refractivity contribution is 5.82. The van der Waals surface area contributed by atoms with Crippen LogP contribution in [0.1, 0.15) is 18.1 Å². The lowest BCUT2D eigenvalue weighted by atomic mass is 9.95. The van der Waals surface area contributed by atoms with Crippen molar-refractivity contribution in [3.63, 3.8) is 0 Å². The van der Waals surface area contributed by atoms with Crippen LogP contribution >= 0.6 is 0 Å². The summed E-state index contributed by atoms with van der Waals surface area (Å²) in [7, 11) is 0. The Bertz CT molecular complexity index is 406. The summed E-state index contributed by atoms with van der Waals surface area (Å²) in [6.07, 6.45) is 0.708. The van der Waals surface area contributed by atoms with Gasteiger partial charge in [-0.2, -0.15) is 0 Å². The Morgan fingerprint density at radius 1 is 1.53 bits per heavy atom. The summed E-state index contributed by atoms with van der Waals surface area (Å²) in [6, 6.07) is 7.75. The van der Waals surface area contributed by atoms with Crippen LogP contribution < -0.4 is 10.6 Å². The van der Waals surface area contributed by atoms with Gasteiger partial charge in [0.15, 0.2) is 0 Å². The number of hydrogen-bond acceptors (Lipinski definition) is 3. The van der Waals surface area contributed by atoms with Crippen LogP contribution in [0.15, 0.2) is 24.3 Å².